The quantitative estimate of drug-likeness (QED) is 0.311. The monoisotopic (exact) mass is 484 g/mol. The predicted octanol–water partition coefficient (Wildman–Crippen LogP) is 10.4. The van der Waals surface area contributed by atoms with Gasteiger partial charge in [-0.25, -0.2) is 13.2 Å². The van der Waals surface area contributed by atoms with Crippen molar-refractivity contribution in [3.05, 3.63) is 70.0 Å². The van der Waals surface area contributed by atoms with Crippen LogP contribution in [0.2, 0.25) is 0 Å². The van der Waals surface area contributed by atoms with Crippen LogP contribution in [-0.2, 0) is 6.42 Å². The average Bonchev–Trinajstić information content (AvgIpc) is 2.88. The standard InChI is InChI=1S/C32H43F3/c1-3-5-6-8-26-17-18-27(21-30(26)33)23-13-15-25(16-14-23)29-20-19-28(31(34)32(29)35)24-11-9-22(7-4-2)10-12-24/h17-25H,3-16H2,1-2H3. The highest BCUT2D eigenvalue weighted by Crippen LogP contribution is 2.44. The highest BCUT2D eigenvalue weighted by molar-refractivity contribution is 5.33. The molecule has 2 saturated carbocycles. The van der Waals surface area contributed by atoms with Gasteiger partial charge in [-0.1, -0.05) is 63.8 Å². The first-order chi connectivity index (χ1) is 17.0. The van der Waals surface area contributed by atoms with E-state index >= 15 is 8.78 Å². The molecule has 0 bridgehead atoms. The zero-order valence-electron chi connectivity index (χ0n) is 21.7. The number of halogens is 3. The molecule has 0 aliphatic heterocycles. The third kappa shape index (κ3) is 6.33. The zero-order valence-corrected chi connectivity index (χ0v) is 21.7. The van der Waals surface area contributed by atoms with E-state index in [1.165, 1.54) is 12.8 Å². The lowest BCUT2D eigenvalue weighted by Gasteiger charge is -2.31. The van der Waals surface area contributed by atoms with Crippen LogP contribution in [0.15, 0.2) is 30.3 Å². The second kappa shape index (κ2) is 12.5. The normalized spacial score (nSPS) is 25.1. The van der Waals surface area contributed by atoms with Gasteiger partial charge in [-0.15, -0.1) is 0 Å². The molecule has 0 unspecified atom stereocenters. The highest BCUT2D eigenvalue weighted by Gasteiger charge is 2.30. The van der Waals surface area contributed by atoms with E-state index in [4.69, 9.17) is 0 Å². The minimum absolute atomic E-state index is 0.0493. The van der Waals surface area contributed by atoms with E-state index in [9.17, 15) is 4.39 Å². The summed E-state index contributed by atoms with van der Waals surface area (Å²) in [6.45, 7) is 4.38. The summed E-state index contributed by atoms with van der Waals surface area (Å²) in [4.78, 5) is 0. The molecule has 3 heteroatoms. The molecule has 0 aromatic heterocycles. The summed E-state index contributed by atoms with van der Waals surface area (Å²) in [5.74, 6) is -0.0580. The van der Waals surface area contributed by atoms with Crippen LogP contribution in [-0.4, -0.2) is 0 Å². The molecule has 2 aromatic rings. The van der Waals surface area contributed by atoms with Crippen molar-refractivity contribution in [2.45, 2.75) is 121 Å². The summed E-state index contributed by atoms with van der Waals surface area (Å²) in [6.07, 6.45) is 14.2. The third-order valence-corrected chi connectivity index (χ3v) is 8.89. The molecule has 2 aliphatic rings. The maximum absolute atomic E-state index is 15.2. The molecule has 2 fully saturated rings. The summed E-state index contributed by atoms with van der Waals surface area (Å²) < 4.78 is 45.0. The maximum atomic E-state index is 15.2. The molecular weight excluding hydrogens is 441 g/mol. The van der Waals surface area contributed by atoms with Gasteiger partial charge in [0.2, 0.25) is 0 Å². The van der Waals surface area contributed by atoms with Crippen molar-refractivity contribution >= 4 is 0 Å². The second-order valence-electron chi connectivity index (χ2n) is 11.2. The number of hydrogen-bond acceptors (Lipinski definition) is 0. The van der Waals surface area contributed by atoms with E-state index in [0.717, 1.165) is 94.1 Å². The number of unbranched alkanes of at least 4 members (excludes halogenated alkanes) is 2. The van der Waals surface area contributed by atoms with Crippen molar-refractivity contribution in [2.24, 2.45) is 5.92 Å². The van der Waals surface area contributed by atoms with Crippen molar-refractivity contribution in [3.63, 3.8) is 0 Å². The van der Waals surface area contributed by atoms with Gasteiger partial charge in [0.25, 0.3) is 0 Å². The van der Waals surface area contributed by atoms with Gasteiger partial charge in [0.05, 0.1) is 0 Å². The van der Waals surface area contributed by atoms with Gasteiger partial charge < -0.3 is 0 Å². The summed E-state index contributed by atoms with van der Waals surface area (Å²) in [7, 11) is 0. The molecule has 192 valence electrons. The van der Waals surface area contributed by atoms with Crippen molar-refractivity contribution in [1.29, 1.82) is 0 Å². The fraction of sp³-hybridized carbons (Fsp3) is 0.625. The summed E-state index contributed by atoms with van der Waals surface area (Å²) in [5, 5.41) is 0. The lowest BCUT2D eigenvalue weighted by Crippen LogP contribution is -2.17. The molecule has 4 rings (SSSR count). The van der Waals surface area contributed by atoms with E-state index in [0.29, 0.717) is 17.0 Å². The highest BCUT2D eigenvalue weighted by atomic mass is 19.2. The molecule has 0 saturated heterocycles. The Morgan fingerprint density at radius 3 is 1.77 bits per heavy atom. The van der Waals surface area contributed by atoms with Crippen molar-refractivity contribution in [3.8, 4) is 0 Å². The van der Waals surface area contributed by atoms with Gasteiger partial charge in [-0.2, -0.15) is 0 Å². The maximum Gasteiger partial charge on any atom is 0.162 e. The van der Waals surface area contributed by atoms with Crippen molar-refractivity contribution < 1.29 is 13.2 Å². The first-order valence-corrected chi connectivity index (χ1v) is 14.3. The van der Waals surface area contributed by atoms with Crippen LogP contribution in [0.4, 0.5) is 13.2 Å². The van der Waals surface area contributed by atoms with Crippen molar-refractivity contribution in [2.75, 3.05) is 0 Å². The Hall–Kier alpha value is -1.77. The van der Waals surface area contributed by atoms with Crippen LogP contribution < -0.4 is 0 Å². The van der Waals surface area contributed by atoms with Gasteiger partial charge in [-0.3, -0.25) is 0 Å². The Labute approximate surface area is 210 Å². The van der Waals surface area contributed by atoms with Gasteiger partial charge in [0.1, 0.15) is 5.82 Å². The summed E-state index contributed by atoms with van der Waals surface area (Å²) in [5.41, 5.74) is 3.00. The molecule has 0 amide bonds. The largest absolute Gasteiger partial charge is 0.207 e. The fourth-order valence-electron chi connectivity index (χ4n) is 6.70. The molecule has 0 spiro atoms. The first-order valence-electron chi connectivity index (χ1n) is 14.3. The minimum atomic E-state index is -0.621. The van der Waals surface area contributed by atoms with E-state index in [2.05, 4.69) is 19.9 Å². The van der Waals surface area contributed by atoms with E-state index in [-0.39, 0.29) is 17.7 Å². The lowest BCUT2D eigenvalue weighted by molar-refractivity contribution is 0.302. The summed E-state index contributed by atoms with van der Waals surface area (Å²) in [6, 6.07) is 9.49. The smallest absolute Gasteiger partial charge is 0.162 e. The van der Waals surface area contributed by atoms with Gasteiger partial charge in [-0.05, 0) is 116 Å². The molecular formula is C32H43F3. The Balaban J connectivity index is 1.36. The Bertz CT molecular complexity index is 950. The topological polar surface area (TPSA) is 0 Å². The molecule has 0 heterocycles. The Morgan fingerprint density at radius 2 is 1.23 bits per heavy atom. The number of benzene rings is 2. The predicted molar refractivity (Wildman–Crippen MR) is 140 cm³/mol. The third-order valence-electron chi connectivity index (χ3n) is 8.89. The van der Waals surface area contributed by atoms with Crippen molar-refractivity contribution in [1.82, 2.24) is 0 Å². The van der Waals surface area contributed by atoms with Crippen LogP contribution >= 0.6 is 0 Å². The number of hydrogen-bond donors (Lipinski definition) is 0. The van der Waals surface area contributed by atoms with E-state index in [1.807, 2.05) is 18.2 Å². The second-order valence-corrected chi connectivity index (χ2v) is 11.2. The van der Waals surface area contributed by atoms with Crippen LogP contribution in [0, 0.1) is 23.4 Å². The minimum Gasteiger partial charge on any atom is -0.207 e. The molecule has 35 heavy (non-hydrogen) atoms. The van der Waals surface area contributed by atoms with Gasteiger partial charge in [0.15, 0.2) is 11.6 Å². The fourth-order valence-corrected chi connectivity index (χ4v) is 6.70. The van der Waals surface area contributed by atoms with Crippen LogP contribution in [0.5, 0.6) is 0 Å². The first kappa shape index (κ1) is 26.3. The van der Waals surface area contributed by atoms with Crippen LogP contribution in [0.3, 0.4) is 0 Å². The SMILES string of the molecule is CCCCCc1ccc(C2CCC(c3ccc(C4CCC(CCC)CC4)c(F)c3F)CC2)cc1F. The van der Waals surface area contributed by atoms with Gasteiger partial charge in [0, 0.05) is 0 Å². The van der Waals surface area contributed by atoms with Gasteiger partial charge >= 0.3 is 0 Å². The van der Waals surface area contributed by atoms with Crippen LogP contribution in [0.25, 0.3) is 0 Å². The molecule has 2 aromatic carbocycles. The molecule has 0 atom stereocenters. The molecule has 0 N–H and O–H groups in total. The number of aryl methyl sites for hydroxylation is 1. The van der Waals surface area contributed by atoms with E-state index in [1.54, 1.807) is 6.07 Å². The zero-order chi connectivity index (χ0) is 24.8. The van der Waals surface area contributed by atoms with E-state index < -0.39 is 11.6 Å². The lowest BCUT2D eigenvalue weighted by atomic mass is 9.74. The molecule has 0 nitrogen and oxygen atoms in total. The Morgan fingerprint density at radius 1 is 0.657 bits per heavy atom. The summed E-state index contributed by atoms with van der Waals surface area (Å²) >= 11 is 0. The van der Waals surface area contributed by atoms with Crippen LogP contribution in [0.1, 0.15) is 137 Å². The molecule has 0 radical (unpaired) electrons. The Kier molecular flexibility index (Phi) is 9.36. The number of rotatable bonds is 9. The average molecular weight is 485 g/mol. The molecule has 2 aliphatic carbocycles.